The zero-order valence-electron chi connectivity index (χ0n) is 10.5. The molecule has 0 bridgehead atoms. The van der Waals surface area contributed by atoms with Crippen LogP contribution in [-0.4, -0.2) is 8.42 Å². The molecule has 21 heavy (non-hydrogen) atoms. The van der Waals surface area contributed by atoms with Crippen LogP contribution in [0.3, 0.4) is 0 Å². The van der Waals surface area contributed by atoms with Gasteiger partial charge in [-0.1, -0.05) is 17.7 Å². The van der Waals surface area contributed by atoms with Gasteiger partial charge in [0.15, 0.2) is 9.84 Å². The lowest BCUT2D eigenvalue weighted by Crippen LogP contribution is -2.08. The molecule has 0 saturated heterocycles. The quantitative estimate of drug-likeness (QED) is 0.811. The Morgan fingerprint density at radius 3 is 2.43 bits per heavy atom. The highest BCUT2D eigenvalue weighted by Crippen LogP contribution is 2.25. The van der Waals surface area contributed by atoms with E-state index >= 15 is 0 Å². The lowest BCUT2D eigenvalue weighted by atomic mass is 10.2. The standard InChI is InChI=1S/C14H8ClF2NO2S/c15-12-5-9(7-18)1-2-10(12)8-21(19,20)14-4-3-11(16)6-13(14)17/h1-6H,8H2. The summed E-state index contributed by atoms with van der Waals surface area (Å²) in [5.74, 6) is -2.55. The molecular weight excluding hydrogens is 320 g/mol. The van der Waals surface area contributed by atoms with E-state index < -0.39 is 32.1 Å². The molecule has 0 atom stereocenters. The molecule has 0 saturated carbocycles. The van der Waals surface area contributed by atoms with E-state index in [1.165, 1.54) is 18.2 Å². The van der Waals surface area contributed by atoms with Crippen molar-refractivity contribution in [3.8, 4) is 6.07 Å². The monoisotopic (exact) mass is 327 g/mol. The van der Waals surface area contributed by atoms with Gasteiger partial charge < -0.3 is 0 Å². The zero-order valence-corrected chi connectivity index (χ0v) is 12.0. The number of hydrogen-bond donors (Lipinski definition) is 0. The first-order chi connectivity index (χ1) is 9.83. The van der Waals surface area contributed by atoms with E-state index in [0.717, 1.165) is 12.1 Å². The summed E-state index contributed by atoms with van der Waals surface area (Å²) in [6.45, 7) is 0. The van der Waals surface area contributed by atoms with Crippen molar-refractivity contribution >= 4 is 21.4 Å². The smallest absolute Gasteiger partial charge is 0.185 e. The molecule has 7 heteroatoms. The van der Waals surface area contributed by atoms with Crippen LogP contribution >= 0.6 is 11.6 Å². The van der Waals surface area contributed by atoms with Crippen LogP contribution in [0.15, 0.2) is 41.3 Å². The minimum absolute atomic E-state index is 0.0974. The number of halogens is 3. The van der Waals surface area contributed by atoms with Crippen molar-refractivity contribution in [2.45, 2.75) is 10.6 Å². The summed E-state index contributed by atoms with van der Waals surface area (Å²) >= 11 is 5.90. The van der Waals surface area contributed by atoms with Gasteiger partial charge in [0.25, 0.3) is 0 Å². The van der Waals surface area contributed by atoms with Gasteiger partial charge in [-0.15, -0.1) is 0 Å². The maximum atomic E-state index is 13.6. The molecule has 0 aliphatic carbocycles. The van der Waals surface area contributed by atoms with Crippen LogP contribution in [-0.2, 0) is 15.6 Å². The Morgan fingerprint density at radius 1 is 1.14 bits per heavy atom. The van der Waals surface area contributed by atoms with E-state index in [-0.39, 0.29) is 16.1 Å². The Labute approximate surface area is 125 Å². The summed E-state index contributed by atoms with van der Waals surface area (Å²) in [6.07, 6.45) is 0. The fraction of sp³-hybridized carbons (Fsp3) is 0.0714. The number of benzene rings is 2. The number of rotatable bonds is 3. The molecule has 0 aliphatic heterocycles. The van der Waals surface area contributed by atoms with Crippen LogP contribution in [0.1, 0.15) is 11.1 Å². The van der Waals surface area contributed by atoms with Gasteiger partial charge in [-0.25, -0.2) is 17.2 Å². The van der Waals surface area contributed by atoms with Crippen molar-refractivity contribution in [3.63, 3.8) is 0 Å². The van der Waals surface area contributed by atoms with Crippen LogP contribution < -0.4 is 0 Å². The van der Waals surface area contributed by atoms with Crippen LogP contribution in [0.2, 0.25) is 5.02 Å². The van der Waals surface area contributed by atoms with Crippen LogP contribution in [0, 0.1) is 23.0 Å². The molecule has 0 aromatic heterocycles. The lowest BCUT2D eigenvalue weighted by molar-refractivity contribution is 0.549. The first-order valence-corrected chi connectivity index (χ1v) is 7.73. The molecule has 2 rings (SSSR count). The highest BCUT2D eigenvalue weighted by molar-refractivity contribution is 7.90. The second-order valence-corrected chi connectivity index (χ2v) is 6.62. The van der Waals surface area contributed by atoms with Gasteiger partial charge in [0.05, 0.1) is 17.4 Å². The van der Waals surface area contributed by atoms with Crippen LogP contribution in [0.4, 0.5) is 8.78 Å². The van der Waals surface area contributed by atoms with Gasteiger partial charge in [0.2, 0.25) is 0 Å². The molecule has 0 aliphatic rings. The minimum Gasteiger partial charge on any atom is -0.223 e. The van der Waals surface area contributed by atoms with E-state index in [1.54, 1.807) is 0 Å². The molecule has 0 fully saturated rings. The maximum Gasteiger partial charge on any atom is 0.185 e. The fourth-order valence-corrected chi connectivity index (χ4v) is 3.52. The average molecular weight is 328 g/mol. The molecule has 0 radical (unpaired) electrons. The fourth-order valence-electron chi connectivity index (χ4n) is 1.74. The van der Waals surface area contributed by atoms with Crippen molar-refractivity contribution < 1.29 is 17.2 Å². The third-order valence-electron chi connectivity index (χ3n) is 2.76. The summed E-state index contributed by atoms with van der Waals surface area (Å²) < 4.78 is 50.7. The van der Waals surface area contributed by atoms with Crippen LogP contribution in [0.25, 0.3) is 0 Å². The van der Waals surface area contributed by atoms with Gasteiger partial charge in [0.1, 0.15) is 16.5 Å². The molecule has 0 heterocycles. The van der Waals surface area contributed by atoms with E-state index in [0.29, 0.717) is 6.07 Å². The van der Waals surface area contributed by atoms with Crippen molar-refractivity contribution in [2.75, 3.05) is 0 Å². The summed E-state index contributed by atoms with van der Waals surface area (Å²) in [5, 5.41) is 8.81. The highest BCUT2D eigenvalue weighted by Gasteiger charge is 2.21. The number of nitrogens with zero attached hydrogens (tertiary/aromatic N) is 1. The van der Waals surface area contributed by atoms with Gasteiger partial charge in [-0.2, -0.15) is 5.26 Å². The SMILES string of the molecule is N#Cc1ccc(CS(=O)(=O)c2ccc(F)cc2F)c(Cl)c1. The normalized spacial score (nSPS) is 11.1. The first-order valence-electron chi connectivity index (χ1n) is 5.70. The van der Waals surface area contributed by atoms with E-state index in [4.69, 9.17) is 16.9 Å². The molecular formula is C14H8ClF2NO2S. The molecule has 0 N–H and O–H groups in total. The number of sulfone groups is 1. The predicted octanol–water partition coefficient (Wildman–Crippen LogP) is 3.46. The Bertz CT molecular complexity index is 845. The first kappa shape index (κ1) is 15.4. The molecule has 0 unspecified atom stereocenters. The van der Waals surface area contributed by atoms with Crippen molar-refractivity contribution in [1.29, 1.82) is 5.26 Å². The van der Waals surface area contributed by atoms with E-state index in [1.807, 2.05) is 6.07 Å². The molecule has 0 amide bonds. The van der Waals surface area contributed by atoms with E-state index in [2.05, 4.69) is 0 Å². The Hall–Kier alpha value is -1.97. The maximum absolute atomic E-state index is 13.6. The second-order valence-electron chi connectivity index (χ2n) is 4.25. The van der Waals surface area contributed by atoms with Gasteiger partial charge in [-0.3, -0.25) is 0 Å². The molecule has 2 aromatic rings. The third-order valence-corrected chi connectivity index (χ3v) is 4.80. The van der Waals surface area contributed by atoms with Gasteiger partial charge >= 0.3 is 0 Å². The van der Waals surface area contributed by atoms with Gasteiger partial charge in [-0.05, 0) is 29.8 Å². The second kappa shape index (κ2) is 5.80. The van der Waals surface area contributed by atoms with Gasteiger partial charge in [0, 0.05) is 11.1 Å². The van der Waals surface area contributed by atoms with Crippen molar-refractivity contribution in [3.05, 3.63) is 64.2 Å². The Morgan fingerprint density at radius 2 is 1.86 bits per heavy atom. The average Bonchev–Trinajstić information content (AvgIpc) is 2.40. The topological polar surface area (TPSA) is 57.9 Å². The Balaban J connectivity index is 2.40. The summed E-state index contributed by atoms with van der Waals surface area (Å²) in [5.41, 5.74) is 0.522. The molecule has 2 aromatic carbocycles. The largest absolute Gasteiger partial charge is 0.223 e. The minimum atomic E-state index is -4.01. The molecule has 108 valence electrons. The highest BCUT2D eigenvalue weighted by atomic mass is 35.5. The Kier molecular flexibility index (Phi) is 4.26. The summed E-state index contributed by atoms with van der Waals surface area (Å²) in [6, 6.07) is 8.25. The van der Waals surface area contributed by atoms with E-state index in [9.17, 15) is 17.2 Å². The third kappa shape index (κ3) is 3.38. The number of hydrogen-bond acceptors (Lipinski definition) is 3. The molecule has 0 spiro atoms. The summed E-state index contributed by atoms with van der Waals surface area (Å²) in [4.78, 5) is -0.593. The lowest BCUT2D eigenvalue weighted by Gasteiger charge is -2.08. The summed E-state index contributed by atoms with van der Waals surface area (Å²) in [7, 11) is -4.01. The molecule has 3 nitrogen and oxygen atoms in total. The van der Waals surface area contributed by atoms with Crippen LogP contribution in [0.5, 0.6) is 0 Å². The van der Waals surface area contributed by atoms with Crippen molar-refractivity contribution in [1.82, 2.24) is 0 Å². The number of nitriles is 1. The van der Waals surface area contributed by atoms with Crippen molar-refractivity contribution in [2.24, 2.45) is 0 Å². The zero-order chi connectivity index (χ0) is 15.6. The predicted molar refractivity (Wildman–Crippen MR) is 73.4 cm³/mol.